The van der Waals surface area contributed by atoms with E-state index in [2.05, 4.69) is 43.5 Å². The fraction of sp³-hybridized carbons (Fsp3) is 0.821. The van der Waals surface area contributed by atoms with Gasteiger partial charge in [0, 0.05) is 12.8 Å². The zero-order valence-corrected chi connectivity index (χ0v) is 29.5. The van der Waals surface area contributed by atoms with Crippen LogP contribution in [0.5, 0.6) is 0 Å². The van der Waals surface area contributed by atoms with Crippen molar-refractivity contribution in [1.82, 2.24) is 5.32 Å². The zero-order valence-electron chi connectivity index (χ0n) is 29.5. The monoisotopic (exact) mass is 634 g/mol. The lowest BCUT2D eigenvalue weighted by molar-refractivity contribution is -0.150. The van der Waals surface area contributed by atoms with Gasteiger partial charge in [0.05, 0.1) is 0 Å². The Morgan fingerprint density at radius 3 is 1.56 bits per heavy atom. The van der Waals surface area contributed by atoms with Crippen LogP contribution < -0.4 is 5.32 Å². The van der Waals surface area contributed by atoms with Crippen molar-refractivity contribution in [2.75, 3.05) is 6.54 Å². The van der Waals surface area contributed by atoms with Crippen molar-refractivity contribution in [3.05, 3.63) is 24.3 Å². The maximum Gasteiger partial charge on any atom is 0.322 e. The molecule has 0 saturated heterocycles. The van der Waals surface area contributed by atoms with Gasteiger partial charge in [-0.2, -0.15) is 0 Å². The smallest absolute Gasteiger partial charge is 0.322 e. The molecule has 0 aromatic rings. The summed E-state index contributed by atoms with van der Waals surface area (Å²) in [6.45, 7) is 4.19. The summed E-state index contributed by atoms with van der Waals surface area (Å²) in [6.07, 6.45) is 40.1. The summed E-state index contributed by atoms with van der Waals surface area (Å²) in [5.41, 5.74) is 0. The van der Waals surface area contributed by atoms with Gasteiger partial charge in [-0.05, 0) is 70.6 Å². The predicted octanol–water partition coefficient (Wildman–Crippen LogP) is 11.2. The van der Waals surface area contributed by atoms with Crippen LogP contribution in [0.2, 0.25) is 0 Å². The van der Waals surface area contributed by atoms with Crippen LogP contribution in [0.4, 0.5) is 0 Å². The Balaban J connectivity index is 4.07. The summed E-state index contributed by atoms with van der Waals surface area (Å²) < 4.78 is 5.97. The molecule has 6 heteroatoms. The Morgan fingerprint density at radius 1 is 0.578 bits per heavy atom. The molecule has 262 valence electrons. The summed E-state index contributed by atoms with van der Waals surface area (Å²) in [5, 5.41) is 11.0. The van der Waals surface area contributed by atoms with Crippen molar-refractivity contribution in [1.29, 1.82) is 0 Å². The molecule has 1 amide bonds. The topological polar surface area (TPSA) is 92.7 Å². The second-order valence-electron chi connectivity index (χ2n) is 12.8. The number of carbonyl (C=O) groups is 3. The third kappa shape index (κ3) is 34.6. The molecule has 0 bridgehead atoms. The maximum absolute atomic E-state index is 12.6. The molecule has 45 heavy (non-hydrogen) atoms. The molecule has 0 fully saturated rings. The number of nitrogens with one attached hydrogen (secondary N) is 1. The maximum atomic E-state index is 12.6. The molecule has 0 aromatic heterocycles. The second-order valence-corrected chi connectivity index (χ2v) is 12.8. The first-order chi connectivity index (χ1) is 22.0. The number of esters is 1. The number of carbonyl (C=O) groups excluding carboxylic acids is 2. The van der Waals surface area contributed by atoms with Crippen LogP contribution in [-0.2, 0) is 19.1 Å². The Hall–Kier alpha value is -2.11. The van der Waals surface area contributed by atoms with Gasteiger partial charge in [-0.25, -0.2) is 0 Å². The quantitative estimate of drug-likeness (QED) is 0.0418. The predicted molar refractivity (Wildman–Crippen MR) is 189 cm³/mol. The van der Waals surface area contributed by atoms with E-state index in [9.17, 15) is 14.4 Å². The van der Waals surface area contributed by atoms with Crippen molar-refractivity contribution >= 4 is 17.8 Å². The molecule has 0 radical (unpaired) electrons. The third-order valence-electron chi connectivity index (χ3n) is 8.38. The molecule has 0 rings (SSSR count). The minimum Gasteiger partial charge on any atom is -0.480 e. The van der Waals surface area contributed by atoms with Crippen molar-refractivity contribution in [2.24, 2.45) is 0 Å². The van der Waals surface area contributed by atoms with Crippen LogP contribution in [0.1, 0.15) is 194 Å². The summed E-state index contributed by atoms with van der Waals surface area (Å²) >= 11 is 0. The molecule has 0 spiro atoms. The van der Waals surface area contributed by atoms with Crippen molar-refractivity contribution < 1.29 is 24.2 Å². The first-order valence-electron chi connectivity index (χ1n) is 19.0. The van der Waals surface area contributed by atoms with Gasteiger partial charge in [0.15, 0.2) is 0 Å². The highest BCUT2D eigenvalue weighted by atomic mass is 16.5. The molecule has 0 aliphatic carbocycles. The number of allylic oxidation sites excluding steroid dienone is 4. The highest BCUT2D eigenvalue weighted by molar-refractivity contribution is 5.80. The lowest BCUT2D eigenvalue weighted by atomic mass is 10.0. The van der Waals surface area contributed by atoms with Gasteiger partial charge in [-0.3, -0.25) is 14.4 Å². The first kappa shape index (κ1) is 42.9. The van der Waals surface area contributed by atoms with E-state index in [-0.39, 0.29) is 24.5 Å². The second kappa shape index (κ2) is 34.8. The first-order valence-corrected chi connectivity index (χ1v) is 19.0. The summed E-state index contributed by atoms with van der Waals surface area (Å²) in [4.78, 5) is 34.8. The molecule has 1 unspecified atom stereocenters. The average Bonchev–Trinajstić information content (AvgIpc) is 3.02. The van der Waals surface area contributed by atoms with Gasteiger partial charge in [0.25, 0.3) is 0 Å². The third-order valence-corrected chi connectivity index (χ3v) is 8.38. The van der Waals surface area contributed by atoms with Crippen molar-refractivity contribution in [2.45, 2.75) is 200 Å². The molecule has 0 heterocycles. The summed E-state index contributed by atoms with van der Waals surface area (Å²) in [5.74, 6) is -1.24. The number of unbranched alkanes of at least 4 members (excludes halogenated alkanes) is 19. The molecule has 0 aliphatic rings. The fourth-order valence-corrected chi connectivity index (χ4v) is 5.54. The van der Waals surface area contributed by atoms with E-state index in [1.807, 2.05) is 0 Å². The van der Waals surface area contributed by atoms with Gasteiger partial charge < -0.3 is 15.2 Å². The standard InChI is InChI=1S/C39H71NO5/c1-3-5-7-9-11-12-13-14-15-16-17-18-19-21-26-30-34-39(44)45-36(31-27-23-20-10-8-6-4-2)32-28-24-22-25-29-33-37(41)40-35-38(42)43/h12-13,15-16,36H,3-11,14,17-35H2,1-2H3,(H,40,41)(H,42,43)/b13-12-,16-15-. The summed E-state index contributed by atoms with van der Waals surface area (Å²) in [7, 11) is 0. The van der Waals surface area contributed by atoms with E-state index in [1.54, 1.807) is 0 Å². The SMILES string of the molecule is CCCCCC/C=C\C/C=C\CCCCCCCC(=O)OC(CCCCCCCCC)CCCCCCCC(=O)NCC(=O)O. The molecular weight excluding hydrogens is 562 g/mol. The van der Waals surface area contributed by atoms with Crippen LogP contribution in [-0.4, -0.2) is 35.6 Å². The molecule has 6 nitrogen and oxygen atoms in total. The number of amides is 1. The fourth-order valence-electron chi connectivity index (χ4n) is 5.54. The molecule has 0 aromatic carbocycles. The summed E-state index contributed by atoms with van der Waals surface area (Å²) in [6, 6.07) is 0. The van der Waals surface area contributed by atoms with E-state index in [1.165, 1.54) is 89.9 Å². The van der Waals surface area contributed by atoms with Gasteiger partial charge >= 0.3 is 11.9 Å². The van der Waals surface area contributed by atoms with E-state index in [4.69, 9.17) is 9.84 Å². The Morgan fingerprint density at radius 2 is 1.02 bits per heavy atom. The van der Waals surface area contributed by atoms with Crippen LogP contribution in [0.3, 0.4) is 0 Å². The zero-order chi connectivity index (χ0) is 33.1. The number of carboxylic acid groups (broad SMARTS) is 1. The van der Waals surface area contributed by atoms with Crippen LogP contribution in [0.15, 0.2) is 24.3 Å². The van der Waals surface area contributed by atoms with Gasteiger partial charge in [-0.1, -0.05) is 134 Å². The number of hydrogen-bond donors (Lipinski definition) is 2. The minimum atomic E-state index is -1.02. The highest BCUT2D eigenvalue weighted by Crippen LogP contribution is 2.18. The number of aliphatic carboxylic acids is 1. The van der Waals surface area contributed by atoms with Crippen LogP contribution in [0.25, 0.3) is 0 Å². The van der Waals surface area contributed by atoms with E-state index >= 15 is 0 Å². The molecule has 2 N–H and O–H groups in total. The van der Waals surface area contributed by atoms with Crippen LogP contribution >= 0.6 is 0 Å². The van der Waals surface area contributed by atoms with E-state index < -0.39 is 5.97 Å². The highest BCUT2D eigenvalue weighted by Gasteiger charge is 2.14. The van der Waals surface area contributed by atoms with Crippen LogP contribution in [0, 0.1) is 0 Å². The lowest BCUT2D eigenvalue weighted by Gasteiger charge is -2.18. The number of rotatable bonds is 34. The van der Waals surface area contributed by atoms with Gasteiger partial charge in [0.1, 0.15) is 12.6 Å². The van der Waals surface area contributed by atoms with Gasteiger partial charge in [0.2, 0.25) is 5.91 Å². The normalized spacial score (nSPS) is 12.2. The molecule has 1 atom stereocenters. The Bertz CT molecular complexity index is 748. The largest absolute Gasteiger partial charge is 0.480 e. The van der Waals surface area contributed by atoms with E-state index in [0.717, 1.165) is 77.0 Å². The van der Waals surface area contributed by atoms with E-state index in [0.29, 0.717) is 12.8 Å². The number of carboxylic acids is 1. The minimum absolute atomic E-state index is 0.0256. The Kier molecular flexibility index (Phi) is 33.1. The molecule has 0 aliphatic heterocycles. The van der Waals surface area contributed by atoms with Crippen molar-refractivity contribution in [3.63, 3.8) is 0 Å². The number of ether oxygens (including phenoxy) is 1. The average molecular weight is 634 g/mol. The lowest BCUT2D eigenvalue weighted by Crippen LogP contribution is -2.28. The Labute approximate surface area is 277 Å². The van der Waals surface area contributed by atoms with Gasteiger partial charge in [-0.15, -0.1) is 0 Å². The van der Waals surface area contributed by atoms with Crippen molar-refractivity contribution in [3.8, 4) is 0 Å². The molecular formula is C39H71NO5. The molecule has 0 saturated carbocycles. The number of hydrogen-bond acceptors (Lipinski definition) is 4.